The van der Waals surface area contributed by atoms with Crippen LogP contribution in [0.1, 0.15) is 11.8 Å². The molecule has 1 rings (SSSR count). The third-order valence-electron chi connectivity index (χ3n) is 2.22. The summed E-state index contributed by atoms with van der Waals surface area (Å²) in [5.74, 6) is -1.88. The van der Waals surface area contributed by atoms with Crippen LogP contribution in [0.15, 0.2) is 17.5 Å². The van der Waals surface area contributed by atoms with Crippen LogP contribution < -0.4 is 0 Å². The van der Waals surface area contributed by atoms with Crippen LogP contribution in [0.3, 0.4) is 0 Å². The van der Waals surface area contributed by atoms with Crippen molar-refractivity contribution in [2.75, 3.05) is 7.11 Å². The van der Waals surface area contributed by atoms with Crippen molar-refractivity contribution in [3.05, 3.63) is 22.4 Å². The fourth-order valence-corrected chi connectivity index (χ4v) is 2.08. The third-order valence-corrected chi connectivity index (χ3v) is 3.09. The first-order chi connectivity index (χ1) is 7.00. The topological polar surface area (TPSA) is 63.6 Å². The zero-order chi connectivity index (χ0) is 11.5. The number of hydrogen-bond acceptors (Lipinski definition) is 4. The van der Waals surface area contributed by atoms with E-state index in [2.05, 4.69) is 4.74 Å². The Kier molecular flexibility index (Phi) is 3.47. The lowest BCUT2D eigenvalue weighted by Gasteiger charge is -2.20. The molecule has 1 heterocycles. The van der Waals surface area contributed by atoms with Crippen LogP contribution in [0.25, 0.3) is 0 Å². The van der Waals surface area contributed by atoms with Gasteiger partial charge < -0.3 is 9.84 Å². The van der Waals surface area contributed by atoms with E-state index in [0.29, 0.717) is 0 Å². The van der Waals surface area contributed by atoms with Crippen LogP contribution in [0, 0.1) is 5.41 Å². The molecule has 4 nitrogen and oxygen atoms in total. The number of carbonyl (C=O) groups excluding carboxylic acids is 1. The molecule has 15 heavy (non-hydrogen) atoms. The summed E-state index contributed by atoms with van der Waals surface area (Å²) >= 11 is 1.42. The summed E-state index contributed by atoms with van der Waals surface area (Å²) in [5.41, 5.74) is -1.50. The Morgan fingerprint density at radius 1 is 1.60 bits per heavy atom. The van der Waals surface area contributed by atoms with Crippen molar-refractivity contribution in [1.29, 1.82) is 0 Å². The number of esters is 1. The molecule has 0 fully saturated rings. The second-order valence-corrected chi connectivity index (χ2v) is 4.42. The van der Waals surface area contributed by atoms with Gasteiger partial charge in [0.2, 0.25) is 0 Å². The number of carbonyl (C=O) groups is 2. The second kappa shape index (κ2) is 4.44. The molecule has 0 aromatic carbocycles. The number of carboxylic acids is 1. The Balaban J connectivity index is 2.92. The normalized spacial score (nSPS) is 14.3. The maximum Gasteiger partial charge on any atom is 0.323 e. The maximum absolute atomic E-state index is 11.4. The van der Waals surface area contributed by atoms with E-state index < -0.39 is 17.4 Å². The molecule has 0 aliphatic carbocycles. The van der Waals surface area contributed by atoms with Crippen LogP contribution in [0.4, 0.5) is 0 Å². The van der Waals surface area contributed by atoms with E-state index in [1.165, 1.54) is 25.4 Å². The summed E-state index contributed by atoms with van der Waals surface area (Å²) in [5, 5.41) is 10.9. The molecule has 5 heteroatoms. The van der Waals surface area contributed by atoms with Crippen LogP contribution in [0.5, 0.6) is 0 Å². The highest BCUT2D eigenvalue weighted by Gasteiger charge is 2.42. The Morgan fingerprint density at radius 3 is 2.67 bits per heavy atom. The number of rotatable bonds is 4. The standard InChI is InChI=1S/C10H12O4S/c1-10(8(11)12,9(13)14-2)6-7-4-3-5-15-7/h3-5H,6H2,1-2H3,(H,11,12). The van der Waals surface area contributed by atoms with Crippen LogP contribution in [-0.2, 0) is 20.7 Å². The first-order valence-corrected chi connectivity index (χ1v) is 5.23. The zero-order valence-electron chi connectivity index (χ0n) is 8.52. The van der Waals surface area contributed by atoms with Gasteiger partial charge in [-0.3, -0.25) is 9.59 Å². The van der Waals surface area contributed by atoms with Gasteiger partial charge in [-0.25, -0.2) is 0 Å². The van der Waals surface area contributed by atoms with E-state index in [-0.39, 0.29) is 6.42 Å². The Labute approximate surface area is 91.5 Å². The fourth-order valence-electron chi connectivity index (χ4n) is 1.22. The number of aliphatic carboxylic acids is 1. The summed E-state index contributed by atoms with van der Waals surface area (Å²) in [6, 6.07) is 3.62. The molecule has 0 spiro atoms. The van der Waals surface area contributed by atoms with Crippen molar-refractivity contribution in [2.45, 2.75) is 13.3 Å². The molecule has 0 saturated heterocycles. The molecule has 0 saturated carbocycles. The van der Waals surface area contributed by atoms with Gasteiger partial charge in [-0.05, 0) is 18.4 Å². The average molecular weight is 228 g/mol. The predicted octanol–water partition coefficient (Wildman–Crippen LogP) is 1.55. The maximum atomic E-state index is 11.4. The van der Waals surface area contributed by atoms with Gasteiger partial charge in [0, 0.05) is 11.3 Å². The Hall–Kier alpha value is -1.36. The number of ether oxygens (including phenoxy) is 1. The van der Waals surface area contributed by atoms with Crippen molar-refractivity contribution in [1.82, 2.24) is 0 Å². The van der Waals surface area contributed by atoms with Crippen molar-refractivity contribution in [3.63, 3.8) is 0 Å². The number of thiophene rings is 1. The lowest BCUT2D eigenvalue weighted by Crippen LogP contribution is -2.39. The summed E-state index contributed by atoms with van der Waals surface area (Å²) in [6.07, 6.45) is 0.159. The molecule has 1 aromatic heterocycles. The van der Waals surface area contributed by atoms with Gasteiger partial charge in [-0.1, -0.05) is 6.07 Å². The zero-order valence-corrected chi connectivity index (χ0v) is 9.34. The van der Waals surface area contributed by atoms with Gasteiger partial charge >= 0.3 is 11.9 Å². The lowest BCUT2D eigenvalue weighted by molar-refractivity contribution is -0.165. The van der Waals surface area contributed by atoms with E-state index in [4.69, 9.17) is 5.11 Å². The Morgan fingerprint density at radius 2 is 2.27 bits per heavy atom. The van der Waals surface area contributed by atoms with Gasteiger partial charge in [0.15, 0.2) is 5.41 Å². The molecule has 1 atom stereocenters. The van der Waals surface area contributed by atoms with Gasteiger partial charge in [0.1, 0.15) is 0 Å². The van der Waals surface area contributed by atoms with Gasteiger partial charge in [-0.2, -0.15) is 0 Å². The van der Waals surface area contributed by atoms with E-state index in [0.717, 1.165) is 4.88 Å². The summed E-state index contributed by atoms with van der Waals surface area (Å²) in [7, 11) is 1.19. The number of carboxylic acid groups (broad SMARTS) is 1. The smallest absolute Gasteiger partial charge is 0.323 e. The first-order valence-electron chi connectivity index (χ1n) is 4.35. The number of methoxy groups -OCH3 is 1. The highest BCUT2D eigenvalue weighted by Crippen LogP contribution is 2.26. The molecular formula is C10H12O4S. The fraction of sp³-hybridized carbons (Fsp3) is 0.400. The van der Waals surface area contributed by atoms with Crippen molar-refractivity contribution in [3.8, 4) is 0 Å². The second-order valence-electron chi connectivity index (χ2n) is 3.38. The summed E-state index contributed by atoms with van der Waals surface area (Å²) in [6.45, 7) is 1.38. The average Bonchev–Trinajstić information content (AvgIpc) is 2.68. The molecular weight excluding hydrogens is 216 g/mol. The highest BCUT2D eigenvalue weighted by atomic mass is 32.1. The third kappa shape index (κ3) is 2.36. The van der Waals surface area contributed by atoms with Crippen LogP contribution >= 0.6 is 11.3 Å². The molecule has 1 N–H and O–H groups in total. The minimum atomic E-state index is -1.50. The van der Waals surface area contributed by atoms with Gasteiger partial charge in [0.05, 0.1) is 7.11 Å². The molecule has 1 unspecified atom stereocenters. The largest absolute Gasteiger partial charge is 0.480 e. The predicted molar refractivity (Wildman–Crippen MR) is 55.8 cm³/mol. The summed E-state index contributed by atoms with van der Waals surface area (Å²) in [4.78, 5) is 23.3. The molecule has 82 valence electrons. The minimum Gasteiger partial charge on any atom is -0.480 e. The number of hydrogen-bond donors (Lipinski definition) is 1. The van der Waals surface area contributed by atoms with Crippen molar-refractivity contribution < 1.29 is 19.4 Å². The van der Waals surface area contributed by atoms with E-state index >= 15 is 0 Å². The van der Waals surface area contributed by atoms with Crippen molar-refractivity contribution >= 4 is 23.3 Å². The lowest BCUT2D eigenvalue weighted by atomic mass is 9.86. The molecule has 0 bridgehead atoms. The van der Waals surface area contributed by atoms with Gasteiger partial charge in [-0.15, -0.1) is 11.3 Å². The molecule has 0 radical (unpaired) electrons. The van der Waals surface area contributed by atoms with Crippen LogP contribution in [0.2, 0.25) is 0 Å². The quantitative estimate of drug-likeness (QED) is 0.627. The molecule has 1 aromatic rings. The van der Waals surface area contributed by atoms with E-state index in [9.17, 15) is 9.59 Å². The highest BCUT2D eigenvalue weighted by molar-refractivity contribution is 7.09. The first kappa shape index (κ1) is 11.7. The van der Waals surface area contributed by atoms with Gasteiger partial charge in [0.25, 0.3) is 0 Å². The van der Waals surface area contributed by atoms with E-state index in [1.807, 2.05) is 11.4 Å². The van der Waals surface area contributed by atoms with Crippen LogP contribution in [-0.4, -0.2) is 24.2 Å². The Bertz CT molecular complexity index is 358. The SMILES string of the molecule is COC(=O)C(C)(Cc1cccs1)C(=O)O. The molecule has 0 aliphatic heterocycles. The summed E-state index contributed by atoms with van der Waals surface area (Å²) < 4.78 is 4.51. The van der Waals surface area contributed by atoms with Crippen molar-refractivity contribution in [2.24, 2.45) is 5.41 Å². The monoisotopic (exact) mass is 228 g/mol. The molecule has 0 aliphatic rings. The van der Waals surface area contributed by atoms with E-state index in [1.54, 1.807) is 6.07 Å². The molecule has 0 amide bonds. The minimum absolute atomic E-state index is 0.159.